The molecule has 0 bridgehead atoms. The average molecular weight is 372 g/mol. The number of hydrogen-bond acceptors (Lipinski definition) is 4. The van der Waals surface area contributed by atoms with Crippen LogP contribution in [0.1, 0.15) is 32.1 Å². The van der Waals surface area contributed by atoms with Crippen molar-refractivity contribution in [3.63, 3.8) is 0 Å². The van der Waals surface area contributed by atoms with E-state index in [0.717, 1.165) is 32.2 Å². The highest BCUT2D eigenvalue weighted by molar-refractivity contribution is 7.89. The Hall–Kier alpha value is -1.15. The number of carbonyl (C=O) groups excluding carboxylic acids is 1. The van der Waals surface area contributed by atoms with Gasteiger partial charge in [0, 0.05) is 31.2 Å². The standard InChI is InChI=1S/C16H22ClN3O3S/c17-14-6-5-13(19-16(21)11-12-4-3-7-18-12)10-15(14)24(22,23)20-8-1-2-9-20/h5-6,10,12,18H,1-4,7-9,11H2,(H,19,21). The summed E-state index contributed by atoms with van der Waals surface area (Å²) in [5, 5.41) is 6.23. The van der Waals surface area contributed by atoms with Crippen molar-refractivity contribution in [2.45, 2.75) is 43.0 Å². The SMILES string of the molecule is O=C(CC1CCCN1)Nc1ccc(Cl)c(S(=O)(=O)N2CCCC2)c1. The number of sulfonamides is 1. The fourth-order valence-corrected chi connectivity index (χ4v) is 5.23. The first-order valence-electron chi connectivity index (χ1n) is 8.30. The Balaban J connectivity index is 1.74. The van der Waals surface area contributed by atoms with Gasteiger partial charge in [0.25, 0.3) is 0 Å². The Bertz CT molecular complexity index is 711. The Morgan fingerprint density at radius 3 is 2.71 bits per heavy atom. The number of benzene rings is 1. The molecule has 0 radical (unpaired) electrons. The maximum Gasteiger partial charge on any atom is 0.244 e. The van der Waals surface area contributed by atoms with E-state index < -0.39 is 10.0 Å². The third-order valence-corrected chi connectivity index (χ3v) is 6.87. The van der Waals surface area contributed by atoms with Gasteiger partial charge in [0.1, 0.15) is 4.90 Å². The molecule has 0 saturated carbocycles. The van der Waals surface area contributed by atoms with Crippen molar-refractivity contribution in [2.24, 2.45) is 0 Å². The van der Waals surface area contributed by atoms with Crippen LogP contribution in [0.3, 0.4) is 0 Å². The highest BCUT2D eigenvalue weighted by Crippen LogP contribution is 2.29. The molecule has 132 valence electrons. The zero-order valence-electron chi connectivity index (χ0n) is 13.4. The van der Waals surface area contributed by atoms with Crippen molar-refractivity contribution in [1.29, 1.82) is 0 Å². The topological polar surface area (TPSA) is 78.5 Å². The summed E-state index contributed by atoms with van der Waals surface area (Å²) >= 11 is 6.10. The summed E-state index contributed by atoms with van der Waals surface area (Å²) in [6.07, 6.45) is 4.18. The van der Waals surface area contributed by atoms with Gasteiger partial charge in [-0.3, -0.25) is 4.79 Å². The molecule has 3 rings (SSSR count). The van der Waals surface area contributed by atoms with E-state index in [1.807, 2.05) is 0 Å². The highest BCUT2D eigenvalue weighted by Gasteiger charge is 2.29. The van der Waals surface area contributed by atoms with E-state index in [4.69, 9.17) is 11.6 Å². The van der Waals surface area contributed by atoms with Gasteiger partial charge >= 0.3 is 0 Å². The van der Waals surface area contributed by atoms with Gasteiger partial charge in [-0.2, -0.15) is 4.31 Å². The van der Waals surface area contributed by atoms with Crippen LogP contribution < -0.4 is 10.6 Å². The lowest BCUT2D eigenvalue weighted by Crippen LogP contribution is -2.29. The molecule has 0 aromatic heterocycles. The third kappa shape index (κ3) is 3.91. The minimum absolute atomic E-state index is 0.0582. The zero-order valence-corrected chi connectivity index (χ0v) is 15.0. The molecule has 2 aliphatic rings. The molecule has 2 N–H and O–H groups in total. The monoisotopic (exact) mass is 371 g/mol. The largest absolute Gasteiger partial charge is 0.326 e. The molecule has 2 heterocycles. The number of nitrogens with zero attached hydrogens (tertiary/aromatic N) is 1. The van der Waals surface area contributed by atoms with Crippen molar-refractivity contribution >= 4 is 33.2 Å². The Morgan fingerprint density at radius 1 is 1.29 bits per heavy atom. The molecule has 2 fully saturated rings. The zero-order chi connectivity index (χ0) is 17.2. The molecule has 1 atom stereocenters. The molecule has 1 aromatic rings. The van der Waals surface area contributed by atoms with E-state index in [2.05, 4.69) is 10.6 Å². The summed E-state index contributed by atoms with van der Waals surface area (Å²) in [5.41, 5.74) is 0.458. The van der Waals surface area contributed by atoms with Gasteiger partial charge in [-0.15, -0.1) is 0 Å². The number of anilines is 1. The number of halogens is 1. The molecule has 0 aliphatic carbocycles. The second kappa shape index (κ2) is 7.39. The molecular formula is C16H22ClN3O3S. The van der Waals surface area contributed by atoms with Crippen molar-refractivity contribution in [2.75, 3.05) is 25.0 Å². The summed E-state index contributed by atoms with van der Waals surface area (Å²) < 4.78 is 26.8. The minimum Gasteiger partial charge on any atom is -0.326 e. The number of nitrogens with one attached hydrogen (secondary N) is 2. The van der Waals surface area contributed by atoms with Crippen LogP contribution in [0.15, 0.2) is 23.1 Å². The van der Waals surface area contributed by atoms with Crippen molar-refractivity contribution in [1.82, 2.24) is 9.62 Å². The quantitative estimate of drug-likeness (QED) is 0.831. The van der Waals surface area contributed by atoms with E-state index in [-0.39, 0.29) is 21.9 Å². The lowest BCUT2D eigenvalue weighted by atomic mass is 10.1. The molecule has 6 nitrogen and oxygen atoms in total. The molecule has 1 aromatic carbocycles. The maximum atomic E-state index is 12.7. The van der Waals surface area contributed by atoms with E-state index >= 15 is 0 Å². The summed E-state index contributed by atoms with van der Waals surface area (Å²) in [7, 11) is -3.61. The molecule has 8 heteroatoms. The summed E-state index contributed by atoms with van der Waals surface area (Å²) in [5.74, 6) is -0.124. The third-order valence-electron chi connectivity index (χ3n) is 4.49. The van der Waals surface area contributed by atoms with E-state index in [1.54, 1.807) is 6.07 Å². The smallest absolute Gasteiger partial charge is 0.244 e. The lowest BCUT2D eigenvalue weighted by Gasteiger charge is -2.17. The van der Waals surface area contributed by atoms with E-state index in [9.17, 15) is 13.2 Å². The molecule has 0 spiro atoms. The van der Waals surface area contributed by atoms with Crippen LogP contribution in [0.2, 0.25) is 5.02 Å². The number of rotatable bonds is 5. The van der Waals surface area contributed by atoms with E-state index in [0.29, 0.717) is 25.2 Å². The van der Waals surface area contributed by atoms with Gasteiger partial charge in [-0.1, -0.05) is 11.6 Å². The van der Waals surface area contributed by atoms with Crippen molar-refractivity contribution in [3.05, 3.63) is 23.2 Å². The Morgan fingerprint density at radius 2 is 2.04 bits per heavy atom. The molecule has 2 saturated heterocycles. The Labute approximate surface area is 147 Å². The van der Waals surface area contributed by atoms with Crippen molar-refractivity contribution < 1.29 is 13.2 Å². The molecule has 24 heavy (non-hydrogen) atoms. The van der Waals surface area contributed by atoms with Crippen LogP contribution in [0.5, 0.6) is 0 Å². The normalized spacial score (nSPS) is 22.0. The van der Waals surface area contributed by atoms with Crippen LogP contribution in [-0.4, -0.2) is 44.3 Å². The predicted octanol–water partition coefficient (Wildman–Crippen LogP) is 2.21. The second-order valence-corrected chi connectivity index (χ2v) is 8.62. The molecule has 1 amide bonds. The van der Waals surface area contributed by atoms with Crippen LogP contribution in [0.4, 0.5) is 5.69 Å². The number of carbonyl (C=O) groups is 1. The van der Waals surface area contributed by atoms with Crippen LogP contribution in [0, 0.1) is 0 Å². The molecule has 2 aliphatic heterocycles. The summed E-state index contributed by atoms with van der Waals surface area (Å²) in [4.78, 5) is 12.2. The summed E-state index contributed by atoms with van der Waals surface area (Å²) in [6.45, 7) is 1.97. The minimum atomic E-state index is -3.61. The molecule has 1 unspecified atom stereocenters. The Kier molecular flexibility index (Phi) is 5.44. The van der Waals surface area contributed by atoms with Crippen LogP contribution >= 0.6 is 11.6 Å². The number of hydrogen-bond donors (Lipinski definition) is 2. The van der Waals surface area contributed by atoms with Gasteiger partial charge in [-0.25, -0.2) is 8.42 Å². The van der Waals surface area contributed by atoms with Gasteiger partial charge in [0.15, 0.2) is 0 Å². The van der Waals surface area contributed by atoms with Crippen molar-refractivity contribution in [3.8, 4) is 0 Å². The predicted molar refractivity (Wildman–Crippen MR) is 93.7 cm³/mol. The first kappa shape index (κ1) is 17.7. The summed E-state index contributed by atoms with van der Waals surface area (Å²) in [6, 6.07) is 4.81. The van der Waals surface area contributed by atoms with Gasteiger partial charge in [-0.05, 0) is 50.4 Å². The molecular weight excluding hydrogens is 350 g/mol. The van der Waals surface area contributed by atoms with E-state index in [1.165, 1.54) is 16.4 Å². The average Bonchev–Trinajstić information content (AvgIpc) is 3.22. The van der Waals surface area contributed by atoms with Gasteiger partial charge < -0.3 is 10.6 Å². The second-order valence-electron chi connectivity index (χ2n) is 6.30. The maximum absolute atomic E-state index is 12.7. The fourth-order valence-electron chi connectivity index (χ4n) is 3.21. The lowest BCUT2D eigenvalue weighted by molar-refractivity contribution is -0.116. The first-order chi connectivity index (χ1) is 11.5. The number of amides is 1. The van der Waals surface area contributed by atoms with Gasteiger partial charge in [0.05, 0.1) is 5.02 Å². The van der Waals surface area contributed by atoms with Gasteiger partial charge in [0.2, 0.25) is 15.9 Å². The fraction of sp³-hybridized carbons (Fsp3) is 0.562. The van der Waals surface area contributed by atoms with Crippen LogP contribution in [0.25, 0.3) is 0 Å². The first-order valence-corrected chi connectivity index (χ1v) is 10.1. The highest BCUT2D eigenvalue weighted by atomic mass is 35.5. The van der Waals surface area contributed by atoms with Crippen LogP contribution in [-0.2, 0) is 14.8 Å².